The average Bonchev–Trinajstić information content (AvgIpc) is 2.18. The summed E-state index contributed by atoms with van der Waals surface area (Å²) in [4.78, 5) is 25.2. The molecule has 0 aliphatic carbocycles. The Hall–Kier alpha value is -1.43. The Bertz CT molecular complexity index is 393. The minimum absolute atomic E-state index is 0.0371. The van der Waals surface area contributed by atoms with Crippen molar-refractivity contribution in [2.45, 2.75) is 11.8 Å². The molecule has 1 atom stereocenters. The van der Waals surface area contributed by atoms with Crippen LogP contribution in [0.4, 0.5) is 5.69 Å². The Labute approximate surface area is 94.6 Å². The van der Waals surface area contributed by atoms with Crippen LogP contribution in [0.3, 0.4) is 0 Å². The molecule has 1 amide bonds. The number of carboxylic acid groups (broad SMARTS) is 1. The molecule has 1 aromatic heterocycles. The third-order valence-electron chi connectivity index (χ3n) is 1.61. The summed E-state index contributed by atoms with van der Waals surface area (Å²) < 4.78 is 0. The number of alkyl halides is 1. The fraction of sp³-hybridized carbons (Fsp3) is 0.222. The van der Waals surface area contributed by atoms with Crippen molar-refractivity contribution >= 4 is 33.5 Å². The Balaban J connectivity index is 2.83. The van der Waals surface area contributed by atoms with Crippen LogP contribution in [-0.4, -0.2) is 26.8 Å². The van der Waals surface area contributed by atoms with E-state index in [-0.39, 0.29) is 16.3 Å². The van der Waals surface area contributed by atoms with Crippen molar-refractivity contribution in [2.24, 2.45) is 0 Å². The molecule has 6 heteroatoms. The van der Waals surface area contributed by atoms with Crippen molar-refractivity contribution in [1.82, 2.24) is 4.98 Å². The van der Waals surface area contributed by atoms with Crippen LogP contribution in [0.5, 0.6) is 0 Å². The zero-order chi connectivity index (χ0) is 11.4. The predicted molar refractivity (Wildman–Crippen MR) is 58.2 cm³/mol. The maximum atomic E-state index is 11.3. The number of carbonyl (C=O) groups is 2. The topological polar surface area (TPSA) is 79.3 Å². The standard InChI is InChI=1S/C9H9BrN2O3/c1-5(10)8(13)12-7-2-6(9(14)15)3-11-4-7/h2-5H,1H3,(H,12,13)(H,14,15). The number of carboxylic acids is 1. The van der Waals surface area contributed by atoms with E-state index in [4.69, 9.17) is 5.11 Å². The van der Waals surface area contributed by atoms with Crippen molar-refractivity contribution < 1.29 is 14.7 Å². The normalized spacial score (nSPS) is 11.9. The summed E-state index contributed by atoms with van der Waals surface area (Å²) in [5, 5.41) is 11.2. The van der Waals surface area contributed by atoms with E-state index in [2.05, 4.69) is 26.2 Å². The van der Waals surface area contributed by atoms with Crippen LogP contribution in [0, 0.1) is 0 Å². The third kappa shape index (κ3) is 3.32. The molecule has 15 heavy (non-hydrogen) atoms. The predicted octanol–water partition coefficient (Wildman–Crippen LogP) is 1.50. The van der Waals surface area contributed by atoms with Crippen LogP contribution in [0.1, 0.15) is 17.3 Å². The van der Waals surface area contributed by atoms with Crippen LogP contribution in [0.25, 0.3) is 0 Å². The molecule has 2 N–H and O–H groups in total. The minimum atomic E-state index is -1.08. The van der Waals surface area contributed by atoms with Gasteiger partial charge in [0.1, 0.15) is 0 Å². The van der Waals surface area contributed by atoms with E-state index < -0.39 is 5.97 Å². The van der Waals surface area contributed by atoms with Gasteiger partial charge in [-0.05, 0) is 13.0 Å². The first-order valence-electron chi connectivity index (χ1n) is 4.14. The highest BCUT2D eigenvalue weighted by atomic mass is 79.9. The molecular weight excluding hydrogens is 264 g/mol. The number of rotatable bonds is 3. The lowest BCUT2D eigenvalue weighted by molar-refractivity contribution is -0.115. The van der Waals surface area contributed by atoms with Crippen molar-refractivity contribution in [3.63, 3.8) is 0 Å². The lowest BCUT2D eigenvalue weighted by atomic mass is 10.2. The average molecular weight is 273 g/mol. The number of hydrogen-bond donors (Lipinski definition) is 2. The van der Waals surface area contributed by atoms with Crippen molar-refractivity contribution in [3.05, 3.63) is 24.0 Å². The Morgan fingerprint density at radius 3 is 2.73 bits per heavy atom. The van der Waals surface area contributed by atoms with E-state index >= 15 is 0 Å². The smallest absolute Gasteiger partial charge is 0.337 e. The van der Waals surface area contributed by atoms with Gasteiger partial charge >= 0.3 is 5.97 Å². The molecule has 80 valence electrons. The molecule has 0 bridgehead atoms. The fourth-order valence-corrected chi connectivity index (χ4v) is 0.981. The molecule has 1 aromatic rings. The van der Waals surface area contributed by atoms with Crippen molar-refractivity contribution in [2.75, 3.05) is 5.32 Å². The molecule has 0 spiro atoms. The van der Waals surface area contributed by atoms with Gasteiger partial charge in [0.25, 0.3) is 0 Å². The van der Waals surface area contributed by atoms with Gasteiger partial charge in [0.2, 0.25) is 5.91 Å². The molecule has 0 aliphatic rings. The summed E-state index contributed by atoms with van der Waals surface area (Å²) in [7, 11) is 0. The molecular formula is C9H9BrN2O3. The van der Waals surface area contributed by atoms with Gasteiger partial charge in [-0.2, -0.15) is 0 Å². The van der Waals surface area contributed by atoms with Crippen LogP contribution < -0.4 is 5.32 Å². The van der Waals surface area contributed by atoms with Gasteiger partial charge in [-0.3, -0.25) is 9.78 Å². The number of amides is 1. The first-order chi connectivity index (χ1) is 7.00. The Morgan fingerprint density at radius 1 is 1.53 bits per heavy atom. The van der Waals surface area contributed by atoms with Gasteiger partial charge < -0.3 is 10.4 Å². The monoisotopic (exact) mass is 272 g/mol. The van der Waals surface area contributed by atoms with Crippen molar-refractivity contribution in [1.29, 1.82) is 0 Å². The lowest BCUT2D eigenvalue weighted by Crippen LogP contribution is -2.20. The van der Waals surface area contributed by atoms with Crippen LogP contribution >= 0.6 is 15.9 Å². The maximum Gasteiger partial charge on any atom is 0.337 e. The van der Waals surface area contributed by atoms with Gasteiger partial charge in [0.15, 0.2) is 0 Å². The van der Waals surface area contributed by atoms with E-state index in [1.54, 1.807) is 6.92 Å². The Morgan fingerprint density at radius 2 is 2.20 bits per heavy atom. The summed E-state index contributed by atoms with van der Waals surface area (Å²) >= 11 is 3.10. The summed E-state index contributed by atoms with van der Waals surface area (Å²) in [5.41, 5.74) is 0.404. The van der Waals surface area contributed by atoms with Crippen LogP contribution in [0.15, 0.2) is 18.5 Å². The number of hydrogen-bond acceptors (Lipinski definition) is 3. The zero-order valence-corrected chi connectivity index (χ0v) is 9.48. The minimum Gasteiger partial charge on any atom is -0.478 e. The quantitative estimate of drug-likeness (QED) is 0.818. The molecule has 0 saturated carbocycles. The second-order valence-corrected chi connectivity index (χ2v) is 4.25. The second-order valence-electron chi connectivity index (χ2n) is 2.87. The number of nitrogens with one attached hydrogen (secondary N) is 1. The van der Waals surface area contributed by atoms with Crippen LogP contribution in [0.2, 0.25) is 0 Å². The first-order valence-corrected chi connectivity index (χ1v) is 5.05. The fourth-order valence-electron chi connectivity index (χ4n) is 0.867. The molecule has 1 unspecified atom stereocenters. The van der Waals surface area contributed by atoms with E-state index in [0.717, 1.165) is 0 Å². The number of aromatic nitrogens is 1. The van der Waals surface area contributed by atoms with E-state index in [9.17, 15) is 9.59 Å². The van der Waals surface area contributed by atoms with Gasteiger partial charge in [-0.1, -0.05) is 15.9 Å². The second kappa shape index (κ2) is 4.88. The molecule has 0 saturated heterocycles. The van der Waals surface area contributed by atoms with Gasteiger partial charge in [0, 0.05) is 6.20 Å². The van der Waals surface area contributed by atoms with E-state index in [1.165, 1.54) is 18.5 Å². The van der Waals surface area contributed by atoms with Crippen molar-refractivity contribution in [3.8, 4) is 0 Å². The molecule has 0 aliphatic heterocycles. The summed E-state index contributed by atoms with van der Waals surface area (Å²) in [6, 6.07) is 1.35. The number of pyridine rings is 1. The summed E-state index contributed by atoms with van der Waals surface area (Å²) in [5.74, 6) is -1.33. The SMILES string of the molecule is CC(Br)C(=O)Nc1cncc(C(=O)O)c1. The zero-order valence-electron chi connectivity index (χ0n) is 7.90. The number of halogens is 1. The summed E-state index contributed by atoms with van der Waals surface area (Å²) in [6.45, 7) is 1.67. The third-order valence-corrected chi connectivity index (χ3v) is 2.03. The highest BCUT2D eigenvalue weighted by Gasteiger charge is 2.10. The molecule has 5 nitrogen and oxygen atoms in total. The highest BCUT2D eigenvalue weighted by molar-refractivity contribution is 9.10. The molecule has 1 heterocycles. The van der Waals surface area contributed by atoms with E-state index in [1.807, 2.05) is 0 Å². The molecule has 0 radical (unpaired) electrons. The van der Waals surface area contributed by atoms with Gasteiger partial charge in [-0.15, -0.1) is 0 Å². The van der Waals surface area contributed by atoms with Crippen LogP contribution in [-0.2, 0) is 4.79 Å². The number of anilines is 1. The van der Waals surface area contributed by atoms with Gasteiger partial charge in [0.05, 0.1) is 22.3 Å². The first kappa shape index (κ1) is 11.6. The summed E-state index contributed by atoms with van der Waals surface area (Å²) in [6.07, 6.45) is 2.61. The number of nitrogens with zero attached hydrogens (tertiary/aromatic N) is 1. The highest BCUT2D eigenvalue weighted by Crippen LogP contribution is 2.10. The lowest BCUT2D eigenvalue weighted by Gasteiger charge is -2.06. The largest absolute Gasteiger partial charge is 0.478 e. The maximum absolute atomic E-state index is 11.3. The van der Waals surface area contributed by atoms with E-state index in [0.29, 0.717) is 5.69 Å². The number of carbonyl (C=O) groups excluding carboxylic acids is 1. The Kier molecular flexibility index (Phi) is 3.79. The number of aromatic carboxylic acids is 1. The molecule has 1 rings (SSSR count). The van der Waals surface area contributed by atoms with Gasteiger partial charge in [-0.25, -0.2) is 4.79 Å². The molecule has 0 aromatic carbocycles. The molecule has 0 fully saturated rings.